The van der Waals surface area contributed by atoms with Gasteiger partial charge in [0.1, 0.15) is 4.90 Å². The normalized spacial score (nSPS) is 11.6. The molecule has 0 aliphatic carbocycles. The molecule has 1 rings (SSSR count). The summed E-state index contributed by atoms with van der Waals surface area (Å²) < 4.78 is 46.1. The van der Waals surface area contributed by atoms with Crippen molar-refractivity contribution in [2.75, 3.05) is 6.26 Å². The molecule has 1 heterocycles. The fourth-order valence-corrected chi connectivity index (χ4v) is 1.17. The van der Waals surface area contributed by atoms with Crippen molar-refractivity contribution in [2.45, 2.75) is 4.90 Å². The first-order chi connectivity index (χ1) is 5.41. The highest BCUT2D eigenvalue weighted by molar-refractivity contribution is 7.90. The van der Waals surface area contributed by atoms with Gasteiger partial charge in [-0.3, -0.25) is 0 Å². The van der Waals surface area contributed by atoms with E-state index in [1.807, 2.05) is 0 Å². The molecule has 0 aliphatic heterocycles. The van der Waals surface area contributed by atoms with Gasteiger partial charge in [0.25, 0.3) is 0 Å². The summed E-state index contributed by atoms with van der Waals surface area (Å²) in [4.78, 5) is 4.82. The Balaban J connectivity index is 3.39. The first-order valence-electron chi connectivity index (χ1n) is 2.79. The molecule has 0 bridgehead atoms. The van der Waals surface area contributed by atoms with Crippen LogP contribution in [0.1, 0.15) is 0 Å². The average molecular weight is 194 g/mol. The average Bonchev–Trinajstić information content (AvgIpc) is 1.83. The van der Waals surface area contributed by atoms with E-state index in [1.54, 1.807) is 0 Å². The van der Waals surface area contributed by atoms with Crippen molar-refractivity contribution >= 4 is 9.84 Å². The van der Waals surface area contributed by atoms with Crippen LogP contribution >= 0.6 is 0 Å². The van der Waals surface area contributed by atoms with Crippen molar-refractivity contribution in [3.8, 4) is 0 Å². The van der Waals surface area contributed by atoms with Gasteiger partial charge < -0.3 is 0 Å². The van der Waals surface area contributed by atoms with Crippen molar-refractivity contribution < 1.29 is 17.2 Å². The molecule has 0 atom stereocenters. The SMILES string of the molecule is CS(=O)(=O)c1cnc(F)nc1F. The van der Waals surface area contributed by atoms with E-state index in [-0.39, 0.29) is 0 Å². The molecule has 4 nitrogen and oxygen atoms in total. The maximum absolute atomic E-state index is 12.6. The minimum atomic E-state index is -3.72. The van der Waals surface area contributed by atoms with E-state index in [9.17, 15) is 17.2 Å². The Bertz CT molecular complexity index is 404. The first-order valence-corrected chi connectivity index (χ1v) is 4.68. The number of hydrogen-bond acceptors (Lipinski definition) is 4. The third kappa shape index (κ3) is 1.73. The summed E-state index contributed by atoms with van der Waals surface area (Å²) in [5.74, 6) is -1.37. The van der Waals surface area contributed by atoms with Gasteiger partial charge in [0.15, 0.2) is 9.84 Å². The molecule has 0 spiro atoms. The second kappa shape index (κ2) is 2.74. The van der Waals surface area contributed by atoms with Crippen molar-refractivity contribution in [2.24, 2.45) is 0 Å². The summed E-state index contributed by atoms with van der Waals surface area (Å²) in [6.45, 7) is 0. The number of aromatic nitrogens is 2. The second-order valence-corrected chi connectivity index (χ2v) is 4.05. The quantitative estimate of drug-likeness (QED) is 0.472. The van der Waals surface area contributed by atoms with E-state index in [1.165, 1.54) is 0 Å². The van der Waals surface area contributed by atoms with Gasteiger partial charge >= 0.3 is 6.08 Å². The Kier molecular flexibility index (Phi) is 2.05. The van der Waals surface area contributed by atoms with Gasteiger partial charge in [0, 0.05) is 6.26 Å². The molecule has 1 aromatic rings. The Hall–Kier alpha value is -1.11. The van der Waals surface area contributed by atoms with E-state index in [0.717, 1.165) is 6.26 Å². The summed E-state index contributed by atoms with van der Waals surface area (Å²) in [6.07, 6.45) is 0.0829. The summed E-state index contributed by atoms with van der Waals surface area (Å²) >= 11 is 0. The third-order valence-electron chi connectivity index (χ3n) is 1.08. The van der Waals surface area contributed by atoms with Crippen LogP contribution in [0.2, 0.25) is 0 Å². The summed E-state index contributed by atoms with van der Waals surface area (Å²) in [7, 11) is -3.72. The Labute approximate surface area is 67.2 Å². The van der Waals surface area contributed by atoms with Crippen LogP contribution in [-0.4, -0.2) is 24.6 Å². The van der Waals surface area contributed by atoms with Gasteiger partial charge in [0.05, 0.1) is 6.20 Å². The third-order valence-corrected chi connectivity index (χ3v) is 2.15. The van der Waals surface area contributed by atoms with Crippen LogP contribution in [-0.2, 0) is 9.84 Å². The highest BCUT2D eigenvalue weighted by atomic mass is 32.2. The minimum absolute atomic E-state index is 0.590. The van der Waals surface area contributed by atoms with Crippen molar-refractivity contribution in [3.05, 3.63) is 18.2 Å². The molecule has 0 radical (unpaired) electrons. The lowest BCUT2D eigenvalue weighted by atomic mass is 10.6. The van der Waals surface area contributed by atoms with Crippen molar-refractivity contribution in [1.82, 2.24) is 9.97 Å². The predicted octanol–water partition coefficient (Wildman–Crippen LogP) is 0.158. The van der Waals surface area contributed by atoms with E-state index in [4.69, 9.17) is 0 Å². The first kappa shape index (κ1) is 8.98. The number of hydrogen-bond donors (Lipinski definition) is 0. The molecule has 12 heavy (non-hydrogen) atoms. The number of sulfone groups is 1. The molecule has 66 valence electrons. The molecular formula is C5H4F2N2O2S. The topological polar surface area (TPSA) is 59.9 Å². The van der Waals surface area contributed by atoms with E-state index in [2.05, 4.69) is 9.97 Å². The van der Waals surface area contributed by atoms with Gasteiger partial charge in [-0.2, -0.15) is 13.8 Å². The zero-order valence-electron chi connectivity index (χ0n) is 5.95. The van der Waals surface area contributed by atoms with Gasteiger partial charge in [0.2, 0.25) is 5.95 Å². The van der Waals surface area contributed by atoms with Gasteiger partial charge in [-0.05, 0) is 0 Å². The number of rotatable bonds is 1. The summed E-state index contributed by atoms with van der Waals surface area (Å²) in [6, 6.07) is 0. The summed E-state index contributed by atoms with van der Waals surface area (Å²) in [5, 5.41) is 0. The van der Waals surface area contributed by atoms with Crippen LogP contribution in [0, 0.1) is 12.0 Å². The zero-order chi connectivity index (χ0) is 9.35. The molecule has 0 unspecified atom stereocenters. The standard InChI is InChI=1S/C5H4F2N2O2S/c1-12(10,11)3-2-8-5(7)9-4(3)6/h2H,1H3. The second-order valence-electron chi connectivity index (χ2n) is 2.07. The lowest BCUT2D eigenvalue weighted by molar-refractivity contribution is 0.462. The fourth-order valence-electron chi connectivity index (χ4n) is 0.579. The lowest BCUT2D eigenvalue weighted by Gasteiger charge is -1.96. The lowest BCUT2D eigenvalue weighted by Crippen LogP contribution is -2.05. The van der Waals surface area contributed by atoms with E-state index in [0.29, 0.717) is 6.20 Å². The molecule has 1 aromatic heterocycles. The smallest absolute Gasteiger partial charge is 0.224 e. The molecule has 0 N–H and O–H groups in total. The molecule has 0 saturated heterocycles. The van der Waals surface area contributed by atoms with Crippen LogP contribution in [0.4, 0.5) is 8.78 Å². The Morgan fingerprint density at radius 1 is 1.42 bits per heavy atom. The Morgan fingerprint density at radius 2 is 2.00 bits per heavy atom. The maximum atomic E-state index is 12.6. The van der Waals surface area contributed by atoms with Gasteiger partial charge in [-0.25, -0.2) is 13.4 Å². The molecule has 0 aromatic carbocycles. The van der Waals surface area contributed by atoms with Crippen LogP contribution in [0.5, 0.6) is 0 Å². The van der Waals surface area contributed by atoms with Crippen LogP contribution in [0.15, 0.2) is 11.1 Å². The van der Waals surface area contributed by atoms with Crippen molar-refractivity contribution in [3.63, 3.8) is 0 Å². The highest BCUT2D eigenvalue weighted by Gasteiger charge is 2.15. The molecule has 7 heteroatoms. The highest BCUT2D eigenvalue weighted by Crippen LogP contribution is 2.09. The zero-order valence-corrected chi connectivity index (χ0v) is 6.77. The minimum Gasteiger partial charge on any atom is -0.224 e. The monoisotopic (exact) mass is 194 g/mol. The molecule has 0 aliphatic rings. The Morgan fingerprint density at radius 3 is 2.42 bits per heavy atom. The number of nitrogens with zero attached hydrogens (tertiary/aromatic N) is 2. The number of halogens is 2. The largest absolute Gasteiger partial charge is 0.311 e. The van der Waals surface area contributed by atoms with Gasteiger partial charge in [-0.15, -0.1) is 0 Å². The molecular weight excluding hydrogens is 190 g/mol. The van der Waals surface area contributed by atoms with E-state index >= 15 is 0 Å². The van der Waals surface area contributed by atoms with Gasteiger partial charge in [-0.1, -0.05) is 0 Å². The molecule has 0 amide bonds. The molecule has 0 fully saturated rings. The predicted molar refractivity (Wildman–Crippen MR) is 35.1 cm³/mol. The maximum Gasteiger partial charge on any atom is 0.311 e. The summed E-state index contributed by atoms with van der Waals surface area (Å²) in [5.41, 5.74) is 0. The van der Waals surface area contributed by atoms with Crippen molar-refractivity contribution in [1.29, 1.82) is 0 Å². The van der Waals surface area contributed by atoms with Crippen LogP contribution in [0.3, 0.4) is 0 Å². The van der Waals surface area contributed by atoms with Crippen LogP contribution < -0.4 is 0 Å². The van der Waals surface area contributed by atoms with E-state index < -0.39 is 26.8 Å². The molecule has 0 saturated carbocycles. The van der Waals surface area contributed by atoms with Crippen LogP contribution in [0.25, 0.3) is 0 Å². The fraction of sp³-hybridized carbons (Fsp3) is 0.200.